The second kappa shape index (κ2) is 5.58. The smallest absolute Gasteiger partial charge is 0.124 e. The van der Waals surface area contributed by atoms with Crippen LogP contribution in [0.15, 0.2) is 18.2 Å². The molecule has 0 aliphatic carbocycles. The first-order valence-electron chi connectivity index (χ1n) is 4.85. The lowest BCUT2D eigenvalue weighted by molar-refractivity contribution is 0.122. The highest BCUT2D eigenvalue weighted by molar-refractivity contribution is 5.40. The molecule has 0 heterocycles. The maximum Gasteiger partial charge on any atom is 0.124 e. The molecule has 0 aromatic heterocycles. The lowest BCUT2D eigenvalue weighted by atomic mass is 10.2. The van der Waals surface area contributed by atoms with Crippen molar-refractivity contribution in [2.24, 2.45) is 5.73 Å². The summed E-state index contributed by atoms with van der Waals surface area (Å²) in [5.41, 5.74) is 6.45. The highest BCUT2D eigenvalue weighted by Crippen LogP contribution is 2.23. The summed E-state index contributed by atoms with van der Waals surface area (Å²) in [5, 5.41) is 9.10. The highest BCUT2D eigenvalue weighted by atomic mass is 16.5. The zero-order valence-corrected chi connectivity index (χ0v) is 9.06. The van der Waals surface area contributed by atoms with Gasteiger partial charge in [-0.3, -0.25) is 0 Å². The van der Waals surface area contributed by atoms with Crippen LogP contribution >= 0.6 is 0 Å². The summed E-state index contributed by atoms with van der Waals surface area (Å²) in [5.74, 6) is 1.44. The molecule has 0 saturated carbocycles. The Labute approximate surface area is 89.6 Å². The highest BCUT2D eigenvalue weighted by Gasteiger charge is 2.05. The summed E-state index contributed by atoms with van der Waals surface area (Å²) >= 11 is 0. The minimum absolute atomic E-state index is 0.263. The molecule has 0 fully saturated rings. The van der Waals surface area contributed by atoms with Crippen LogP contribution in [0.25, 0.3) is 0 Å². The van der Waals surface area contributed by atoms with Crippen molar-refractivity contribution in [1.29, 1.82) is 0 Å². The van der Waals surface area contributed by atoms with Crippen molar-refractivity contribution in [2.75, 3.05) is 13.7 Å². The molecule has 0 aliphatic heterocycles. The lowest BCUT2D eigenvalue weighted by Gasteiger charge is -2.12. The Bertz CT molecular complexity index is 313. The van der Waals surface area contributed by atoms with Crippen molar-refractivity contribution in [3.63, 3.8) is 0 Å². The monoisotopic (exact) mass is 211 g/mol. The van der Waals surface area contributed by atoms with Crippen LogP contribution in [-0.2, 0) is 6.54 Å². The Morgan fingerprint density at radius 2 is 2.20 bits per heavy atom. The number of benzene rings is 1. The van der Waals surface area contributed by atoms with Gasteiger partial charge < -0.3 is 20.3 Å². The summed E-state index contributed by atoms with van der Waals surface area (Å²) in [7, 11) is 1.60. The third kappa shape index (κ3) is 3.42. The Balaban J connectivity index is 2.78. The van der Waals surface area contributed by atoms with E-state index in [0.717, 1.165) is 11.3 Å². The number of rotatable bonds is 5. The molecule has 1 unspecified atom stereocenters. The Hall–Kier alpha value is -1.26. The van der Waals surface area contributed by atoms with Crippen LogP contribution in [0.3, 0.4) is 0 Å². The van der Waals surface area contributed by atoms with Gasteiger partial charge >= 0.3 is 0 Å². The number of methoxy groups -OCH3 is 1. The van der Waals surface area contributed by atoms with Crippen molar-refractivity contribution in [1.82, 2.24) is 0 Å². The normalized spacial score (nSPS) is 12.3. The van der Waals surface area contributed by atoms with Gasteiger partial charge in [0.15, 0.2) is 0 Å². The molecule has 1 aromatic rings. The Morgan fingerprint density at radius 3 is 2.73 bits per heavy atom. The summed E-state index contributed by atoms with van der Waals surface area (Å²) in [4.78, 5) is 0. The van der Waals surface area contributed by atoms with Crippen LogP contribution in [0.5, 0.6) is 11.5 Å². The third-order valence-corrected chi connectivity index (χ3v) is 1.97. The predicted octanol–water partition coefficient (Wildman–Crippen LogP) is 0.913. The second-order valence-electron chi connectivity index (χ2n) is 3.34. The van der Waals surface area contributed by atoms with E-state index in [2.05, 4.69) is 0 Å². The molecule has 3 N–H and O–H groups in total. The summed E-state index contributed by atoms with van der Waals surface area (Å²) in [6, 6.07) is 5.43. The minimum atomic E-state index is -0.488. The van der Waals surface area contributed by atoms with E-state index >= 15 is 0 Å². The lowest BCUT2D eigenvalue weighted by Crippen LogP contribution is -2.14. The molecule has 1 aromatic carbocycles. The Kier molecular flexibility index (Phi) is 4.39. The SMILES string of the molecule is COc1ccc(OCC(C)O)c(CN)c1. The van der Waals surface area contributed by atoms with E-state index in [0.29, 0.717) is 12.3 Å². The average Bonchev–Trinajstić information content (AvgIpc) is 2.25. The van der Waals surface area contributed by atoms with Gasteiger partial charge in [-0.1, -0.05) is 0 Å². The largest absolute Gasteiger partial charge is 0.497 e. The van der Waals surface area contributed by atoms with Crippen molar-refractivity contribution >= 4 is 0 Å². The van der Waals surface area contributed by atoms with E-state index in [-0.39, 0.29) is 6.61 Å². The first-order chi connectivity index (χ1) is 7.17. The average molecular weight is 211 g/mol. The predicted molar refractivity (Wildman–Crippen MR) is 58.1 cm³/mol. The van der Waals surface area contributed by atoms with Crippen molar-refractivity contribution in [2.45, 2.75) is 19.6 Å². The van der Waals surface area contributed by atoms with Gasteiger partial charge in [-0.15, -0.1) is 0 Å². The fourth-order valence-corrected chi connectivity index (χ4v) is 1.19. The summed E-state index contributed by atoms with van der Waals surface area (Å²) < 4.78 is 10.5. The molecule has 4 heteroatoms. The first-order valence-corrected chi connectivity index (χ1v) is 4.85. The summed E-state index contributed by atoms with van der Waals surface area (Å²) in [6.07, 6.45) is -0.488. The van der Waals surface area contributed by atoms with Gasteiger partial charge in [-0.2, -0.15) is 0 Å². The molecule has 15 heavy (non-hydrogen) atoms. The van der Waals surface area contributed by atoms with Crippen LogP contribution in [0.4, 0.5) is 0 Å². The minimum Gasteiger partial charge on any atom is -0.497 e. The van der Waals surface area contributed by atoms with E-state index < -0.39 is 6.10 Å². The number of nitrogens with two attached hydrogens (primary N) is 1. The molecule has 1 rings (SSSR count). The van der Waals surface area contributed by atoms with Crippen LogP contribution in [0, 0.1) is 0 Å². The number of hydrogen-bond acceptors (Lipinski definition) is 4. The molecule has 0 saturated heterocycles. The van der Waals surface area contributed by atoms with Gasteiger partial charge in [0.1, 0.15) is 18.1 Å². The fraction of sp³-hybridized carbons (Fsp3) is 0.455. The topological polar surface area (TPSA) is 64.7 Å². The van der Waals surface area contributed by atoms with Gasteiger partial charge in [-0.05, 0) is 25.1 Å². The van der Waals surface area contributed by atoms with Crippen molar-refractivity contribution in [3.05, 3.63) is 23.8 Å². The van der Waals surface area contributed by atoms with Gasteiger partial charge in [0.2, 0.25) is 0 Å². The fourth-order valence-electron chi connectivity index (χ4n) is 1.19. The molecule has 0 spiro atoms. The standard InChI is InChI=1S/C11H17NO3/c1-8(13)7-15-11-4-3-10(14-2)5-9(11)6-12/h3-5,8,13H,6-7,12H2,1-2H3. The molecule has 0 radical (unpaired) electrons. The van der Waals surface area contributed by atoms with Crippen LogP contribution in [0.2, 0.25) is 0 Å². The maximum atomic E-state index is 9.10. The van der Waals surface area contributed by atoms with Gasteiger partial charge in [-0.25, -0.2) is 0 Å². The number of hydrogen-bond donors (Lipinski definition) is 2. The van der Waals surface area contributed by atoms with Crippen molar-refractivity contribution < 1.29 is 14.6 Å². The molecule has 0 amide bonds. The van der Waals surface area contributed by atoms with Crippen LogP contribution in [-0.4, -0.2) is 24.9 Å². The first kappa shape index (κ1) is 11.8. The van der Waals surface area contributed by atoms with E-state index in [1.54, 1.807) is 26.2 Å². The van der Waals surface area contributed by atoms with E-state index in [1.165, 1.54) is 0 Å². The number of aliphatic hydroxyl groups excluding tert-OH is 1. The van der Waals surface area contributed by atoms with Gasteiger partial charge in [0, 0.05) is 12.1 Å². The molecule has 4 nitrogen and oxygen atoms in total. The zero-order chi connectivity index (χ0) is 11.3. The molecule has 0 aliphatic rings. The molecular formula is C11H17NO3. The second-order valence-corrected chi connectivity index (χ2v) is 3.34. The van der Waals surface area contributed by atoms with E-state index in [9.17, 15) is 0 Å². The van der Waals surface area contributed by atoms with E-state index in [1.807, 2.05) is 6.07 Å². The molecule has 1 atom stereocenters. The Morgan fingerprint density at radius 1 is 1.47 bits per heavy atom. The number of ether oxygens (including phenoxy) is 2. The van der Waals surface area contributed by atoms with Crippen LogP contribution < -0.4 is 15.2 Å². The summed E-state index contributed by atoms with van der Waals surface area (Å²) in [6.45, 7) is 2.32. The van der Waals surface area contributed by atoms with Crippen LogP contribution in [0.1, 0.15) is 12.5 Å². The number of aliphatic hydroxyl groups is 1. The molecule has 84 valence electrons. The van der Waals surface area contributed by atoms with Crippen molar-refractivity contribution in [3.8, 4) is 11.5 Å². The maximum absolute atomic E-state index is 9.10. The third-order valence-electron chi connectivity index (χ3n) is 1.97. The molecular weight excluding hydrogens is 194 g/mol. The molecule has 0 bridgehead atoms. The quantitative estimate of drug-likeness (QED) is 0.760. The zero-order valence-electron chi connectivity index (χ0n) is 9.06. The van der Waals surface area contributed by atoms with E-state index in [4.69, 9.17) is 20.3 Å². The van der Waals surface area contributed by atoms with Gasteiger partial charge in [0.05, 0.1) is 13.2 Å². The van der Waals surface area contributed by atoms with Gasteiger partial charge in [0.25, 0.3) is 0 Å².